The summed E-state index contributed by atoms with van der Waals surface area (Å²) in [6.07, 6.45) is 0. The van der Waals surface area contributed by atoms with Gasteiger partial charge in [-0.05, 0) is 0 Å². The van der Waals surface area contributed by atoms with Gasteiger partial charge >= 0.3 is 160 Å². The van der Waals surface area contributed by atoms with Crippen molar-refractivity contribution >= 4 is 53.2 Å². The molecule has 0 saturated heterocycles. The van der Waals surface area contributed by atoms with Crippen LogP contribution in [0.2, 0.25) is 13.1 Å². The molecule has 0 bridgehead atoms. The molecule has 0 amide bonds. The quantitative estimate of drug-likeness (QED) is 0.355. The van der Waals surface area contributed by atoms with E-state index in [1.165, 1.54) is 36.7 Å². The molecule has 2 aliphatic rings. The minimum atomic E-state index is -1.62. The van der Waals surface area contributed by atoms with Crippen LogP contribution in [-0.2, 0) is 0 Å². The Hall–Kier alpha value is -2.19. The monoisotopic (exact) mass is 415 g/mol. The van der Waals surface area contributed by atoms with Crippen molar-refractivity contribution in [2.75, 3.05) is 0 Å². The molecular weight excluding hydrogens is 397 g/mol. The molecule has 3 heterocycles. The Balaban J connectivity index is 1.81. The van der Waals surface area contributed by atoms with E-state index in [1.54, 1.807) is 10.4 Å². The third kappa shape index (κ3) is 1.78. The van der Waals surface area contributed by atoms with E-state index in [2.05, 4.69) is 79.8 Å². The van der Waals surface area contributed by atoms with Gasteiger partial charge in [0, 0.05) is 0 Å². The van der Waals surface area contributed by atoms with Gasteiger partial charge in [0.05, 0.1) is 0 Å². The zero-order valence-corrected chi connectivity index (χ0v) is 17.4. The minimum absolute atomic E-state index is 0.281. The van der Waals surface area contributed by atoms with Crippen molar-refractivity contribution in [2.45, 2.75) is 13.1 Å². The van der Waals surface area contributed by atoms with E-state index < -0.39 is 8.07 Å². The normalized spacial score (nSPS) is 15.5. The number of fused-ring (bicyclic) bond motifs is 3. The number of benzene rings is 3. The number of hydrogen-bond acceptors (Lipinski definition) is 1. The molecule has 0 saturated carbocycles. The predicted molar refractivity (Wildman–Crippen MR) is 114 cm³/mol. The van der Waals surface area contributed by atoms with E-state index in [9.17, 15) is 0 Å². The Labute approximate surface area is 160 Å². The summed E-state index contributed by atoms with van der Waals surface area (Å²) < 4.78 is 2.93. The molecule has 2 aliphatic heterocycles. The summed E-state index contributed by atoms with van der Waals surface area (Å²) in [6, 6.07) is 24.8. The fourth-order valence-corrected chi connectivity index (χ4v) is 10.2. The van der Waals surface area contributed by atoms with Gasteiger partial charge in [-0.1, -0.05) is 0 Å². The molecular formula is C23H17NSeSi. The molecule has 1 nitrogen and oxygen atoms in total. The van der Waals surface area contributed by atoms with Crippen LogP contribution in [-0.4, -0.2) is 28.0 Å². The number of para-hydroxylation sites is 1. The number of pyridine rings is 1. The van der Waals surface area contributed by atoms with Crippen LogP contribution in [0.25, 0.3) is 33.3 Å². The Kier molecular flexibility index (Phi) is 2.84. The second-order valence-electron chi connectivity index (χ2n) is 7.66. The van der Waals surface area contributed by atoms with Crippen LogP contribution in [0.1, 0.15) is 0 Å². The zero-order chi connectivity index (χ0) is 17.5. The molecule has 6 rings (SSSR count). The number of hydrogen-bond donors (Lipinski definition) is 0. The van der Waals surface area contributed by atoms with Crippen LogP contribution in [0.4, 0.5) is 0 Å². The Morgan fingerprint density at radius 1 is 0.769 bits per heavy atom. The van der Waals surface area contributed by atoms with E-state index in [0.717, 1.165) is 5.52 Å². The molecule has 26 heavy (non-hydrogen) atoms. The molecule has 124 valence electrons. The molecule has 0 spiro atoms. The van der Waals surface area contributed by atoms with E-state index in [4.69, 9.17) is 4.98 Å². The van der Waals surface area contributed by atoms with E-state index in [-0.39, 0.29) is 15.0 Å². The third-order valence-electron chi connectivity index (χ3n) is 5.85. The van der Waals surface area contributed by atoms with Gasteiger partial charge in [-0.3, -0.25) is 0 Å². The molecule has 0 N–H and O–H groups in total. The van der Waals surface area contributed by atoms with Crippen molar-refractivity contribution in [3.05, 3.63) is 66.7 Å². The molecule has 3 heteroatoms. The summed E-state index contributed by atoms with van der Waals surface area (Å²) in [5.74, 6) is 0. The Morgan fingerprint density at radius 3 is 2.42 bits per heavy atom. The first kappa shape index (κ1) is 14.9. The predicted octanol–water partition coefficient (Wildman–Crippen LogP) is 2.67. The van der Waals surface area contributed by atoms with Crippen LogP contribution < -0.4 is 19.3 Å². The van der Waals surface area contributed by atoms with Gasteiger partial charge in [-0.2, -0.15) is 0 Å². The third-order valence-corrected chi connectivity index (χ3v) is 11.7. The molecule has 0 radical (unpaired) electrons. The van der Waals surface area contributed by atoms with E-state index in [0.29, 0.717) is 0 Å². The van der Waals surface area contributed by atoms with Crippen molar-refractivity contribution in [3.63, 3.8) is 0 Å². The van der Waals surface area contributed by atoms with Gasteiger partial charge in [0.15, 0.2) is 0 Å². The topological polar surface area (TPSA) is 12.9 Å². The van der Waals surface area contributed by atoms with Crippen LogP contribution in [0.5, 0.6) is 0 Å². The van der Waals surface area contributed by atoms with Crippen LogP contribution >= 0.6 is 0 Å². The summed E-state index contributed by atoms with van der Waals surface area (Å²) in [5.41, 5.74) is 6.67. The van der Waals surface area contributed by atoms with Gasteiger partial charge in [0.25, 0.3) is 0 Å². The standard InChI is InChI=1S/C23H17NSeSi/c1-26(2)19-11-5-8-15-21(19)22-17(10-6-12-20(22)26)25-18-13-14-7-3-4-9-16(14)24-23(15)18/h3-13H,1-2H3. The summed E-state index contributed by atoms with van der Waals surface area (Å²) in [6.45, 7) is 4.99. The molecule has 3 aromatic carbocycles. The van der Waals surface area contributed by atoms with Crippen LogP contribution in [0.3, 0.4) is 0 Å². The first-order chi connectivity index (χ1) is 12.6. The summed E-state index contributed by atoms with van der Waals surface area (Å²) >= 11 is 0.281. The average Bonchev–Trinajstić information content (AvgIpc) is 2.81. The first-order valence-electron chi connectivity index (χ1n) is 9.00. The second kappa shape index (κ2) is 4.95. The van der Waals surface area contributed by atoms with Gasteiger partial charge in [-0.25, -0.2) is 0 Å². The average molecular weight is 414 g/mol. The van der Waals surface area contributed by atoms with Crippen molar-refractivity contribution < 1.29 is 0 Å². The van der Waals surface area contributed by atoms with Crippen molar-refractivity contribution in [1.82, 2.24) is 4.98 Å². The molecule has 4 aromatic rings. The molecule has 0 fully saturated rings. The SMILES string of the molecule is C[Si]1(C)c2cccc3c2-c2c(cccc21)-c1nc2ccccc2cc1[Se]3. The van der Waals surface area contributed by atoms with Crippen molar-refractivity contribution in [2.24, 2.45) is 0 Å². The van der Waals surface area contributed by atoms with Gasteiger partial charge in [-0.15, -0.1) is 0 Å². The fourth-order valence-electron chi connectivity index (χ4n) is 4.57. The molecule has 0 unspecified atom stereocenters. The first-order valence-corrected chi connectivity index (χ1v) is 13.7. The number of aromatic nitrogens is 1. The van der Waals surface area contributed by atoms with Gasteiger partial charge in [0.2, 0.25) is 0 Å². The fraction of sp³-hybridized carbons (Fsp3) is 0.0870. The van der Waals surface area contributed by atoms with Crippen molar-refractivity contribution in [1.29, 1.82) is 0 Å². The molecule has 0 aliphatic carbocycles. The van der Waals surface area contributed by atoms with E-state index in [1.807, 2.05) is 0 Å². The summed E-state index contributed by atoms with van der Waals surface area (Å²) in [7, 11) is -1.62. The maximum atomic E-state index is 5.14. The second-order valence-corrected chi connectivity index (χ2v) is 14.3. The van der Waals surface area contributed by atoms with Crippen LogP contribution in [0, 0.1) is 0 Å². The summed E-state index contributed by atoms with van der Waals surface area (Å²) in [5, 5.41) is 4.44. The number of rotatable bonds is 0. The Bertz CT molecular complexity index is 1240. The Morgan fingerprint density at radius 2 is 1.54 bits per heavy atom. The molecule has 1 aromatic heterocycles. The zero-order valence-electron chi connectivity index (χ0n) is 14.7. The molecule has 0 atom stereocenters. The van der Waals surface area contributed by atoms with E-state index >= 15 is 0 Å². The van der Waals surface area contributed by atoms with Gasteiger partial charge in [0.1, 0.15) is 0 Å². The number of nitrogens with zero attached hydrogens (tertiary/aromatic N) is 1. The van der Waals surface area contributed by atoms with Crippen LogP contribution in [0.15, 0.2) is 66.7 Å². The maximum absolute atomic E-state index is 5.14. The summed E-state index contributed by atoms with van der Waals surface area (Å²) in [4.78, 5) is 5.14. The van der Waals surface area contributed by atoms with Crippen molar-refractivity contribution in [3.8, 4) is 22.4 Å². The van der Waals surface area contributed by atoms with Gasteiger partial charge < -0.3 is 0 Å².